The van der Waals surface area contributed by atoms with Crippen LogP contribution in [0.25, 0.3) is 88.0 Å². The van der Waals surface area contributed by atoms with E-state index in [0.29, 0.717) is 11.3 Å². The van der Waals surface area contributed by atoms with Gasteiger partial charge < -0.3 is 13.9 Å². The molecule has 0 saturated heterocycles. The number of benzene rings is 8. The Kier molecular flexibility index (Phi) is 4.49. The Morgan fingerprint density at radius 2 is 1.06 bits per heavy atom. The summed E-state index contributed by atoms with van der Waals surface area (Å²) in [6.45, 7) is 0. The lowest BCUT2D eigenvalue weighted by atomic mass is 9.92. The van der Waals surface area contributed by atoms with E-state index in [1.165, 1.54) is 0 Å². The van der Waals surface area contributed by atoms with Crippen LogP contribution in [-0.4, -0.2) is 9.13 Å². The van der Waals surface area contributed by atoms with Crippen LogP contribution in [-0.2, 0) is 0 Å². The van der Waals surface area contributed by atoms with E-state index < -0.39 is 6.04 Å². The van der Waals surface area contributed by atoms with Gasteiger partial charge in [-0.1, -0.05) is 103 Å². The molecule has 0 radical (unpaired) electrons. The molecule has 0 unspecified atom stereocenters. The summed E-state index contributed by atoms with van der Waals surface area (Å²) < 4.78 is 54.2. The topological polar surface area (TPSA) is 19.1 Å². The summed E-state index contributed by atoms with van der Waals surface area (Å²) in [5.74, 6) is 1.40. The van der Waals surface area contributed by atoms with E-state index in [4.69, 9.17) is 11.6 Å². The highest BCUT2D eigenvalue weighted by molar-refractivity contribution is 6.26. The van der Waals surface area contributed by atoms with E-state index >= 15 is 0 Å². The van der Waals surface area contributed by atoms with Crippen molar-refractivity contribution in [3.8, 4) is 45.1 Å². The second-order valence-electron chi connectivity index (χ2n) is 12.6. The van der Waals surface area contributed by atoms with Gasteiger partial charge in [0.15, 0.2) is 0 Å². The maximum atomic E-state index is 9.02. The van der Waals surface area contributed by atoms with Gasteiger partial charge in [0.2, 0.25) is 0 Å². The Balaban J connectivity index is 1.23. The highest BCUT2D eigenvalue weighted by atomic mass is 16.5. The normalized spacial score (nSPS) is 13.7. The molecule has 49 heavy (non-hydrogen) atoms. The van der Waals surface area contributed by atoms with Crippen LogP contribution in [0, 0.1) is 0 Å². The summed E-state index contributed by atoms with van der Waals surface area (Å²) >= 11 is 0. The molecule has 2 aromatic heterocycles. The van der Waals surface area contributed by atoms with Gasteiger partial charge in [-0.25, -0.2) is 0 Å². The fraction of sp³-hybridized carbons (Fsp3) is 0. The second kappa shape index (κ2) is 9.96. The lowest BCUT2D eigenvalue weighted by Crippen LogP contribution is -1.98. The number of fused-ring (bicyclic) bond motifs is 9. The van der Waals surface area contributed by atoms with Gasteiger partial charge in [-0.05, 0) is 82.7 Å². The molecular weight excluding hydrogens is 597 g/mol. The molecule has 1 aliphatic heterocycles. The minimum atomic E-state index is -0.425. The van der Waals surface area contributed by atoms with E-state index in [-0.39, 0.29) is 29.9 Å². The minimum absolute atomic E-state index is 0.0998. The minimum Gasteiger partial charge on any atom is -0.456 e. The Morgan fingerprint density at radius 1 is 0.408 bits per heavy atom. The summed E-state index contributed by atoms with van der Waals surface area (Å²) in [4.78, 5) is 0. The zero-order valence-electron chi connectivity index (χ0n) is 31.1. The molecule has 3 heteroatoms. The van der Waals surface area contributed by atoms with Crippen LogP contribution in [0.3, 0.4) is 0 Å². The van der Waals surface area contributed by atoms with Gasteiger partial charge in [-0.15, -0.1) is 0 Å². The van der Waals surface area contributed by atoms with Crippen molar-refractivity contribution in [3.63, 3.8) is 0 Å². The van der Waals surface area contributed by atoms with E-state index in [0.717, 1.165) is 82.6 Å². The van der Waals surface area contributed by atoms with Gasteiger partial charge in [0.25, 0.3) is 0 Å². The molecule has 11 rings (SSSR count). The van der Waals surface area contributed by atoms with Crippen molar-refractivity contribution < 1.29 is 11.6 Å². The van der Waals surface area contributed by atoms with Gasteiger partial charge in [-0.2, -0.15) is 0 Å². The zero-order chi connectivity index (χ0) is 36.4. The fourth-order valence-corrected chi connectivity index (χ4v) is 7.94. The highest BCUT2D eigenvalue weighted by Crippen LogP contribution is 2.50. The van der Waals surface area contributed by atoms with Crippen molar-refractivity contribution in [2.45, 2.75) is 0 Å². The molecule has 0 bridgehead atoms. The predicted molar refractivity (Wildman–Crippen MR) is 204 cm³/mol. The molecule has 3 heterocycles. The molecule has 0 saturated carbocycles. The average molecular weight is 630 g/mol. The third-order valence-corrected chi connectivity index (χ3v) is 9.98. The van der Waals surface area contributed by atoms with Crippen LogP contribution in [0.1, 0.15) is 6.85 Å². The zero-order valence-corrected chi connectivity index (χ0v) is 26.1. The third-order valence-electron chi connectivity index (χ3n) is 9.98. The van der Waals surface area contributed by atoms with Gasteiger partial charge in [0.05, 0.1) is 28.9 Å². The van der Waals surface area contributed by atoms with E-state index in [2.05, 4.69) is 108 Å². The molecule has 3 nitrogen and oxygen atoms in total. The first-order valence-corrected chi connectivity index (χ1v) is 16.4. The van der Waals surface area contributed by atoms with Crippen LogP contribution < -0.4 is 4.74 Å². The number of nitrogens with zero attached hydrogens (tertiary/aromatic N) is 2. The number of rotatable bonds is 3. The van der Waals surface area contributed by atoms with Crippen molar-refractivity contribution in [2.24, 2.45) is 0 Å². The molecule has 228 valence electrons. The van der Waals surface area contributed by atoms with Gasteiger partial charge in [-0.3, -0.25) is 0 Å². The molecule has 0 spiro atoms. The number of hydrogen-bond donors (Lipinski definition) is 0. The van der Waals surface area contributed by atoms with Gasteiger partial charge in [0, 0.05) is 49.9 Å². The first kappa shape index (κ1) is 22.1. The number of aromatic nitrogens is 2. The maximum Gasteiger partial charge on any atom is 0.138 e. The summed E-state index contributed by atoms with van der Waals surface area (Å²) in [5.41, 5.74) is 9.00. The van der Waals surface area contributed by atoms with Crippen molar-refractivity contribution in [2.75, 3.05) is 0 Å². The molecule has 10 aromatic rings. The second-order valence-corrected chi connectivity index (χ2v) is 12.6. The van der Waals surface area contributed by atoms with Gasteiger partial charge >= 0.3 is 0 Å². The fourth-order valence-electron chi connectivity index (χ4n) is 7.94. The molecule has 0 atom stereocenters. The van der Waals surface area contributed by atoms with Crippen LogP contribution in [0.5, 0.6) is 11.5 Å². The van der Waals surface area contributed by atoms with Crippen molar-refractivity contribution in [3.05, 3.63) is 170 Å². The Labute approximate surface area is 289 Å². The SMILES string of the molecule is [2H]c1c([2H])c([2H])c(-n2c3ccc(-c4ccc5c(c4)c4ccccc4n5-c4ccccc4)cc3c3c4cccc5c4c(cc32)Oc2ccccc2-5)c([2H])c1[2H]. The molecule has 0 fully saturated rings. The van der Waals surface area contributed by atoms with E-state index in [1.54, 1.807) is 0 Å². The quantitative estimate of drug-likeness (QED) is 0.190. The summed E-state index contributed by atoms with van der Waals surface area (Å²) in [6, 6.07) is 46.2. The largest absolute Gasteiger partial charge is 0.456 e. The predicted octanol–water partition coefficient (Wildman–Crippen LogP) is 12.5. The standard InChI is InChI=1S/C46H28N2O/c1-3-12-31(13-4-1)47-39-20-9-7-16-33(39)37-26-29(22-24-40(37)47)30-23-25-41-38(27-30)45-36-19-11-18-35-34-17-8-10-21-43(34)49-44(46(35)36)28-42(45)48(41)32-14-5-2-6-15-32/h1-28H/i2D,5D,6D,14D,15D. The average Bonchev–Trinajstić information content (AvgIpc) is 3.72. The number of ether oxygens (including phenoxy) is 1. The molecule has 8 aromatic carbocycles. The summed E-state index contributed by atoms with van der Waals surface area (Å²) in [5, 5.41) is 6.07. The molecular formula is C46H28N2O. The molecule has 0 amide bonds. The Bertz CT molecular complexity index is 3230. The summed E-state index contributed by atoms with van der Waals surface area (Å²) in [6.07, 6.45) is 0. The van der Waals surface area contributed by atoms with Crippen LogP contribution in [0.15, 0.2) is 170 Å². The Hall–Kier alpha value is -6.58. The third kappa shape index (κ3) is 3.73. The highest BCUT2D eigenvalue weighted by Gasteiger charge is 2.25. The molecule has 1 aliphatic rings. The van der Waals surface area contributed by atoms with E-state index in [1.807, 2.05) is 41.0 Å². The number of para-hydroxylation sites is 4. The lowest BCUT2D eigenvalue weighted by molar-refractivity contribution is 0.487. The van der Waals surface area contributed by atoms with Crippen LogP contribution >= 0.6 is 0 Å². The van der Waals surface area contributed by atoms with Crippen LogP contribution in [0.2, 0.25) is 0 Å². The monoisotopic (exact) mass is 629 g/mol. The van der Waals surface area contributed by atoms with Crippen molar-refractivity contribution >= 4 is 54.4 Å². The summed E-state index contributed by atoms with van der Waals surface area (Å²) in [7, 11) is 0. The number of hydrogen-bond acceptors (Lipinski definition) is 1. The van der Waals surface area contributed by atoms with Crippen molar-refractivity contribution in [1.29, 1.82) is 0 Å². The van der Waals surface area contributed by atoms with Gasteiger partial charge in [0.1, 0.15) is 11.5 Å². The van der Waals surface area contributed by atoms with Crippen molar-refractivity contribution in [1.82, 2.24) is 9.13 Å². The lowest BCUT2D eigenvalue weighted by Gasteiger charge is -2.22. The first-order chi connectivity index (χ1) is 26.4. The molecule has 0 N–H and O–H groups in total. The smallest absolute Gasteiger partial charge is 0.138 e. The Morgan fingerprint density at radius 3 is 1.92 bits per heavy atom. The molecule has 0 aliphatic carbocycles. The first-order valence-electron chi connectivity index (χ1n) is 18.9. The van der Waals surface area contributed by atoms with Crippen LogP contribution in [0.4, 0.5) is 0 Å². The van der Waals surface area contributed by atoms with E-state index in [9.17, 15) is 0 Å². The maximum absolute atomic E-state index is 9.02.